The van der Waals surface area contributed by atoms with Crippen LogP contribution in [0.5, 0.6) is 11.5 Å². The number of hydrogen-bond acceptors (Lipinski definition) is 5. The number of nitrogens with one attached hydrogen (secondary N) is 1. The number of benzene rings is 3. The molecule has 1 aliphatic rings. The highest BCUT2D eigenvalue weighted by Gasteiger charge is 2.34. The molecule has 3 aromatic rings. The lowest BCUT2D eigenvalue weighted by Gasteiger charge is -2.25. The maximum Gasteiger partial charge on any atom is 0.255 e. The summed E-state index contributed by atoms with van der Waals surface area (Å²) in [7, 11) is 3.19. The van der Waals surface area contributed by atoms with Crippen molar-refractivity contribution in [1.82, 2.24) is 0 Å². The molecular formula is C24H22N2O4S. The van der Waals surface area contributed by atoms with E-state index in [0.29, 0.717) is 28.5 Å². The van der Waals surface area contributed by atoms with Gasteiger partial charge in [-0.05, 0) is 54.1 Å². The summed E-state index contributed by atoms with van der Waals surface area (Å²) in [6.45, 7) is 0. The van der Waals surface area contributed by atoms with Crippen molar-refractivity contribution in [3.8, 4) is 11.5 Å². The van der Waals surface area contributed by atoms with Crippen LogP contribution in [-0.2, 0) is 4.79 Å². The van der Waals surface area contributed by atoms with E-state index in [1.165, 1.54) is 0 Å². The number of thioether (sulfide) groups is 1. The number of hydrogen-bond donors (Lipinski definition) is 1. The molecule has 0 aromatic heterocycles. The predicted octanol–water partition coefficient (Wildman–Crippen LogP) is 4.73. The second-order valence-corrected chi connectivity index (χ2v) is 8.00. The van der Waals surface area contributed by atoms with E-state index < -0.39 is 0 Å². The van der Waals surface area contributed by atoms with E-state index >= 15 is 0 Å². The second-order valence-electron chi connectivity index (χ2n) is 6.93. The van der Waals surface area contributed by atoms with Crippen molar-refractivity contribution in [3.63, 3.8) is 0 Å². The van der Waals surface area contributed by atoms with Crippen LogP contribution in [-0.4, -0.2) is 31.8 Å². The molecular weight excluding hydrogens is 412 g/mol. The number of amides is 2. The fourth-order valence-corrected chi connectivity index (χ4v) is 4.56. The van der Waals surface area contributed by atoms with Gasteiger partial charge in [0.25, 0.3) is 5.91 Å². The molecule has 4 rings (SSSR count). The number of rotatable bonds is 6. The molecule has 0 saturated carbocycles. The largest absolute Gasteiger partial charge is 0.497 e. The van der Waals surface area contributed by atoms with Crippen LogP contribution < -0.4 is 19.7 Å². The fraction of sp³-hybridized carbons (Fsp3) is 0.167. The van der Waals surface area contributed by atoms with Crippen LogP contribution in [0.1, 0.15) is 21.3 Å². The Balaban J connectivity index is 1.50. The molecule has 158 valence electrons. The van der Waals surface area contributed by atoms with Gasteiger partial charge in [0, 0.05) is 23.0 Å². The Bertz CT molecular complexity index is 1080. The van der Waals surface area contributed by atoms with Crippen LogP contribution in [0, 0.1) is 0 Å². The summed E-state index contributed by atoms with van der Waals surface area (Å²) in [5.74, 6) is 1.68. The fourth-order valence-electron chi connectivity index (χ4n) is 3.39. The molecule has 7 heteroatoms. The number of anilines is 2. The van der Waals surface area contributed by atoms with Crippen LogP contribution in [0.3, 0.4) is 0 Å². The monoisotopic (exact) mass is 434 g/mol. The molecule has 1 fully saturated rings. The molecule has 0 radical (unpaired) electrons. The summed E-state index contributed by atoms with van der Waals surface area (Å²) in [4.78, 5) is 26.8. The summed E-state index contributed by atoms with van der Waals surface area (Å²) < 4.78 is 10.4. The van der Waals surface area contributed by atoms with Crippen molar-refractivity contribution in [2.75, 3.05) is 30.2 Å². The molecule has 0 unspecified atom stereocenters. The molecule has 1 heterocycles. The van der Waals surface area contributed by atoms with E-state index in [-0.39, 0.29) is 17.2 Å². The van der Waals surface area contributed by atoms with Crippen molar-refractivity contribution < 1.29 is 19.1 Å². The van der Waals surface area contributed by atoms with E-state index in [2.05, 4.69) is 5.32 Å². The first-order chi connectivity index (χ1) is 15.1. The van der Waals surface area contributed by atoms with Crippen LogP contribution in [0.15, 0.2) is 72.8 Å². The van der Waals surface area contributed by atoms with Crippen LogP contribution in [0.25, 0.3) is 0 Å². The van der Waals surface area contributed by atoms with Gasteiger partial charge < -0.3 is 14.8 Å². The summed E-state index contributed by atoms with van der Waals surface area (Å²) >= 11 is 1.58. The van der Waals surface area contributed by atoms with Gasteiger partial charge in [0.05, 0.1) is 20.0 Å². The minimum absolute atomic E-state index is 0.0557. The number of ether oxygens (including phenoxy) is 2. The van der Waals surface area contributed by atoms with Gasteiger partial charge in [0.2, 0.25) is 5.91 Å². The Labute approximate surface area is 185 Å². The number of nitrogens with zero attached hydrogens (tertiary/aromatic N) is 1. The van der Waals surface area contributed by atoms with Gasteiger partial charge in [0.1, 0.15) is 16.9 Å². The van der Waals surface area contributed by atoms with Crippen LogP contribution in [0.2, 0.25) is 0 Å². The van der Waals surface area contributed by atoms with Crippen LogP contribution in [0.4, 0.5) is 11.4 Å². The molecule has 1 aliphatic heterocycles. The quantitative estimate of drug-likeness (QED) is 0.607. The summed E-state index contributed by atoms with van der Waals surface area (Å²) in [6.07, 6.45) is 0. The first kappa shape index (κ1) is 20.8. The van der Waals surface area contributed by atoms with Gasteiger partial charge in [-0.2, -0.15) is 0 Å². The Morgan fingerprint density at radius 2 is 1.68 bits per heavy atom. The minimum atomic E-state index is -0.196. The predicted molar refractivity (Wildman–Crippen MR) is 123 cm³/mol. The average Bonchev–Trinajstić information content (AvgIpc) is 3.21. The first-order valence-electron chi connectivity index (χ1n) is 9.72. The molecule has 1 saturated heterocycles. The second kappa shape index (κ2) is 9.14. The van der Waals surface area contributed by atoms with Crippen molar-refractivity contribution in [3.05, 3.63) is 83.9 Å². The van der Waals surface area contributed by atoms with E-state index in [9.17, 15) is 9.59 Å². The lowest BCUT2D eigenvalue weighted by molar-refractivity contribution is -0.115. The molecule has 1 atom stereocenters. The maximum absolute atomic E-state index is 12.6. The number of methoxy groups -OCH3 is 2. The Morgan fingerprint density at radius 3 is 2.35 bits per heavy atom. The van der Waals surface area contributed by atoms with Gasteiger partial charge >= 0.3 is 0 Å². The van der Waals surface area contributed by atoms with Crippen LogP contribution >= 0.6 is 11.8 Å². The first-order valence-corrected chi connectivity index (χ1v) is 10.8. The summed E-state index contributed by atoms with van der Waals surface area (Å²) in [5, 5.41) is 2.76. The van der Waals surface area contributed by atoms with E-state index in [0.717, 1.165) is 11.3 Å². The molecule has 6 nitrogen and oxygen atoms in total. The lowest BCUT2D eigenvalue weighted by Crippen LogP contribution is -2.27. The Morgan fingerprint density at radius 1 is 0.968 bits per heavy atom. The Hall–Kier alpha value is -3.45. The molecule has 3 aromatic carbocycles. The standard InChI is InChI=1S/C24H22N2O4S/c1-29-20-12-8-16(9-13-20)23(28)25-18-10-6-17(7-11-18)24-26(22(27)15-31-24)19-4-3-5-21(14-19)30-2/h3-14,24H,15H2,1-2H3,(H,25,28)/t24-/m0/s1. The molecule has 31 heavy (non-hydrogen) atoms. The minimum Gasteiger partial charge on any atom is -0.497 e. The van der Waals surface area contributed by atoms with Crippen molar-refractivity contribution in [1.29, 1.82) is 0 Å². The summed E-state index contributed by atoms with van der Waals surface area (Å²) in [5.41, 5.74) is 3.02. The Kier molecular flexibility index (Phi) is 6.13. The van der Waals surface area contributed by atoms with Gasteiger partial charge in [-0.15, -0.1) is 11.8 Å². The molecule has 0 bridgehead atoms. The number of carbonyl (C=O) groups is 2. The van der Waals surface area contributed by atoms with Crippen molar-refractivity contribution in [2.24, 2.45) is 0 Å². The third kappa shape index (κ3) is 4.51. The van der Waals surface area contributed by atoms with Gasteiger partial charge in [-0.1, -0.05) is 18.2 Å². The van der Waals surface area contributed by atoms with E-state index in [1.54, 1.807) is 55.1 Å². The molecule has 0 spiro atoms. The molecule has 0 aliphatic carbocycles. The average molecular weight is 435 g/mol. The van der Waals surface area contributed by atoms with E-state index in [4.69, 9.17) is 9.47 Å². The zero-order valence-corrected chi connectivity index (χ0v) is 18.0. The smallest absolute Gasteiger partial charge is 0.255 e. The summed E-state index contributed by atoms with van der Waals surface area (Å²) in [6, 6.07) is 22.0. The third-order valence-corrected chi connectivity index (χ3v) is 6.22. The van der Waals surface area contributed by atoms with Gasteiger partial charge in [-0.3, -0.25) is 14.5 Å². The highest BCUT2D eigenvalue weighted by Crippen LogP contribution is 2.42. The van der Waals surface area contributed by atoms with Gasteiger partial charge in [0.15, 0.2) is 0 Å². The SMILES string of the molecule is COc1ccc(C(=O)Nc2ccc([C@@H]3SCC(=O)N3c3cccc(OC)c3)cc2)cc1. The zero-order chi connectivity index (χ0) is 21.8. The van der Waals surface area contributed by atoms with Gasteiger partial charge in [-0.25, -0.2) is 0 Å². The molecule has 1 N–H and O–H groups in total. The highest BCUT2D eigenvalue weighted by atomic mass is 32.2. The third-order valence-electron chi connectivity index (χ3n) is 5.01. The highest BCUT2D eigenvalue weighted by molar-refractivity contribution is 8.00. The van der Waals surface area contributed by atoms with Crippen molar-refractivity contribution >= 4 is 35.0 Å². The molecule has 2 amide bonds. The number of carbonyl (C=O) groups excluding carboxylic acids is 2. The lowest BCUT2D eigenvalue weighted by atomic mass is 10.1. The van der Waals surface area contributed by atoms with E-state index in [1.807, 2.05) is 48.5 Å². The van der Waals surface area contributed by atoms with Crippen molar-refractivity contribution in [2.45, 2.75) is 5.37 Å². The zero-order valence-electron chi connectivity index (χ0n) is 17.2. The topological polar surface area (TPSA) is 67.9 Å². The normalized spacial score (nSPS) is 15.6. The maximum atomic E-state index is 12.6.